The first-order chi connectivity index (χ1) is 14.6. The number of nitrogens with one attached hydrogen (secondary N) is 1. The molecule has 3 rings (SSSR count). The summed E-state index contributed by atoms with van der Waals surface area (Å²) in [6, 6.07) is 9.29. The third-order valence-corrected chi connectivity index (χ3v) is 7.11. The highest BCUT2D eigenvalue weighted by Crippen LogP contribution is 2.38. The summed E-state index contributed by atoms with van der Waals surface area (Å²) in [4.78, 5) is 17.6. The predicted octanol–water partition coefficient (Wildman–Crippen LogP) is 5.89. The van der Waals surface area contributed by atoms with Gasteiger partial charge in [-0.2, -0.15) is 5.26 Å². The Morgan fingerprint density at radius 3 is 2.77 bits per heavy atom. The van der Waals surface area contributed by atoms with E-state index in [-0.39, 0.29) is 11.3 Å². The summed E-state index contributed by atoms with van der Waals surface area (Å²) < 4.78 is 5.29. The van der Waals surface area contributed by atoms with E-state index in [0.29, 0.717) is 33.0 Å². The molecule has 1 N–H and O–H groups in total. The number of hydrogen-bond donors (Lipinski definition) is 1. The fourth-order valence-corrected chi connectivity index (χ4v) is 4.86. The molecule has 1 aliphatic rings. The molecule has 0 fully saturated rings. The lowest BCUT2D eigenvalue weighted by atomic mass is 9.71. The van der Waals surface area contributed by atoms with E-state index in [1.165, 1.54) is 18.9 Å². The van der Waals surface area contributed by atoms with Gasteiger partial charge in [0.05, 0.1) is 23.6 Å². The number of ether oxygens (including phenoxy) is 1. The van der Waals surface area contributed by atoms with E-state index in [1.807, 2.05) is 6.07 Å². The number of thioether (sulfide) groups is 1. The average Bonchev–Trinajstić information content (AvgIpc) is 2.72. The third-order valence-electron chi connectivity index (χ3n) is 5.77. The topological polar surface area (TPSA) is 75.0 Å². The molecule has 1 aromatic heterocycles. The largest absolute Gasteiger partial charge is 0.495 e. The van der Waals surface area contributed by atoms with Crippen molar-refractivity contribution in [2.24, 2.45) is 11.3 Å². The molecule has 7 heteroatoms. The third kappa shape index (κ3) is 5.53. The molecule has 2 aromatic rings. The summed E-state index contributed by atoms with van der Waals surface area (Å²) >= 11 is 7.35. The predicted molar refractivity (Wildman–Crippen MR) is 126 cm³/mol. The second-order valence-electron chi connectivity index (χ2n) is 8.96. The lowest BCUT2D eigenvalue weighted by Gasteiger charge is -2.34. The van der Waals surface area contributed by atoms with Crippen LogP contribution in [0.1, 0.15) is 50.9 Å². The van der Waals surface area contributed by atoms with E-state index in [2.05, 4.69) is 32.2 Å². The van der Waals surface area contributed by atoms with Gasteiger partial charge in [-0.15, -0.1) is 0 Å². The summed E-state index contributed by atoms with van der Waals surface area (Å²) in [6.07, 6.45) is 2.93. The Morgan fingerprint density at radius 2 is 2.13 bits per heavy atom. The first-order valence-electron chi connectivity index (χ1n) is 10.4. The number of aryl methyl sites for hydroxylation is 1. The molecule has 1 aromatic carbocycles. The molecule has 1 amide bonds. The summed E-state index contributed by atoms with van der Waals surface area (Å²) in [5.74, 6) is 0.902. The van der Waals surface area contributed by atoms with E-state index in [4.69, 9.17) is 21.3 Å². The number of benzene rings is 1. The van der Waals surface area contributed by atoms with Crippen molar-refractivity contribution in [2.75, 3.05) is 12.4 Å². The van der Waals surface area contributed by atoms with Crippen molar-refractivity contribution in [1.29, 1.82) is 5.26 Å². The van der Waals surface area contributed by atoms with Crippen LogP contribution in [0.15, 0.2) is 29.3 Å². The Kier molecular flexibility index (Phi) is 7.18. The zero-order chi connectivity index (χ0) is 22.8. The highest BCUT2D eigenvalue weighted by Gasteiger charge is 2.30. The average molecular weight is 458 g/mol. The Hall–Kier alpha value is -2.23. The molecular weight excluding hydrogens is 430 g/mol. The number of hydrogen-bond acceptors (Lipinski definition) is 5. The number of rotatable bonds is 5. The fourth-order valence-electron chi connectivity index (χ4n) is 3.79. The number of fused-ring (bicyclic) bond motifs is 1. The maximum Gasteiger partial charge on any atom is 0.237 e. The second-order valence-corrected chi connectivity index (χ2v) is 10.7. The molecule has 1 aliphatic carbocycles. The van der Waals surface area contributed by atoms with Crippen LogP contribution in [0, 0.1) is 22.7 Å². The van der Waals surface area contributed by atoms with Gasteiger partial charge in [-0.3, -0.25) is 4.79 Å². The van der Waals surface area contributed by atoms with Crippen LogP contribution in [0.25, 0.3) is 0 Å². The number of carbonyl (C=O) groups is 1. The van der Waals surface area contributed by atoms with Crippen molar-refractivity contribution < 1.29 is 9.53 Å². The van der Waals surface area contributed by atoms with Gasteiger partial charge in [0.2, 0.25) is 5.91 Å². The van der Waals surface area contributed by atoms with E-state index >= 15 is 0 Å². The van der Waals surface area contributed by atoms with Crippen LogP contribution in [0.2, 0.25) is 5.02 Å². The number of pyridine rings is 1. The number of nitriles is 1. The summed E-state index contributed by atoms with van der Waals surface area (Å²) in [5.41, 5.74) is 3.48. The van der Waals surface area contributed by atoms with Gasteiger partial charge in [-0.05, 0) is 67.3 Å². The van der Waals surface area contributed by atoms with Crippen LogP contribution >= 0.6 is 23.4 Å². The molecule has 2 unspecified atom stereocenters. The SMILES string of the molecule is COc1ccc(Cl)cc1NC(=O)C(C)Sc1nc2c(cc1C#N)CC(C(C)(C)C)CC2. The number of anilines is 1. The Morgan fingerprint density at radius 1 is 1.39 bits per heavy atom. The molecule has 0 spiro atoms. The molecule has 0 saturated carbocycles. The quantitative estimate of drug-likeness (QED) is 0.567. The number of methoxy groups -OCH3 is 1. The van der Waals surface area contributed by atoms with Crippen molar-refractivity contribution in [3.05, 3.63) is 46.1 Å². The molecule has 1 heterocycles. The molecule has 5 nitrogen and oxygen atoms in total. The summed E-state index contributed by atoms with van der Waals surface area (Å²) in [7, 11) is 1.54. The standard InChI is InChI=1S/C24H28ClN3O2S/c1-14(22(29)27-20-12-18(25)7-9-21(20)30-5)31-23-16(13-26)10-15-11-17(24(2,3)4)6-8-19(15)28-23/h7,9-10,12,14,17H,6,8,11H2,1-5H3,(H,27,29). The fraction of sp³-hybridized carbons (Fsp3) is 0.458. The van der Waals surface area contributed by atoms with Crippen molar-refractivity contribution in [3.8, 4) is 11.8 Å². The van der Waals surface area contributed by atoms with E-state index in [9.17, 15) is 10.1 Å². The monoisotopic (exact) mass is 457 g/mol. The lowest BCUT2D eigenvalue weighted by molar-refractivity contribution is -0.115. The lowest BCUT2D eigenvalue weighted by Crippen LogP contribution is -2.28. The van der Waals surface area contributed by atoms with Crippen molar-refractivity contribution in [3.63, 3.8) is 0 Å². The van der Waals surface area contributed by atoms with Crippen LogP contribution in [0.5, 0.6) is 5.75 Å². The first kappa shape index (κ1) is 23.4. The highest BCUT2D eigenvalue weighted by molar-refractivity contribution is 8.00. The minimum atomic E-state index is -0.452. The molecule has 0 bridgehead atoms. The molecule has 0 aliphatic heterocycles. The number of carbonyl (C=O) groups excluding carboxylic acids is 1. The smallest absolute Gasteiger partial charge is 0.237 e. The van der Waals surface area contributed by atoms with Gasteiger partial charge in [-0.1, -0.05) is 44.1 Å². The zero-order valence-electron chi connectivity index (χ0n) is 18.6. The number of nitrogens with zero attached hydrogens (tertiary/aromatic N) is 2. The Bertz CT molecular complexity index is 1030. The number of halogens is 1. The van der Waals surface area contributed by atoms with Crippen LogP contribution in [-0.4, -0.2) is 23.3 Å². The molecule has 0 radical (unpaired) electrons. The summed E-state index contributed by atoms with van der Waals surface area (Å²) in [5, 5.41) is 13.2. The molecular formula is C24H28ClN3O2S. The Labute approximate surface area is 193 Å². The van der Waals surface area contributed by atoms with Crippen molar-refractivity contribution >= 4 is 35.0 Å². The first-order valence-corrected chi connectivity index (χ1v) is 11.6. The maximum absolute atomic E-state index is 12.8. The second kappa shape index (κ2) is 9.50. The normalized spacial score (nSPS) is 16.7. The van der Waals surface area contributed by atoms with Gasteiger partial charge in [0.15, 0.2) is 0 Å². The molecule has 2 atom stereocenters. The van der Waals surface area contributed by atoms with E-state index in [1.54, 1.807) is 25.1 Å². The van der Waals surface area contributed by atoms with Crippen LogP contribution in [-0.2, 0) is 17.6 Å². The van der Waals surface area contributed by atoms with E-state index in [0.717, 1.165) is 30.5 Å². The maximum atomic E-state index is 12.8. The minimum Gasteiger partial charge on any atom is -0.495 e. The number of aromatic nitrogens is 1. The van der Waals surface area contributed by atoms with Gasteiger partial charge in [-0.25, -0.2) is 4.98 Å². The van der Waals surface area contributed by atoms with Gasteiger partial charge >= 0.3 is 0 Å². The molecule has 0 saturated heterocycles. The zero-order valence-corrected chi connectivity index (χ0v) is 20.2. The van der Waals surface area contributed by atoms with Gasteiger partial charge < -0.3 is 10.1 Å². The van der Waals surface area contributed by atoms with Crippen molar-refractivity contribution in [2.45, 2.75) is 57.2 Å². The molecule has 164 valence electrons. The number of amides is 1. The van der Waals surface area contributed by atoms with Crippen LogP contribution in [0.4, 0.5) is 5.69 Å². The minimum absolute atomic E-state index is 0.207. The highest BCUT2D eigenvalue weighted by atomic mass is 35.5. The van der Waals surface area contributed by atoms with Crippen LogP contribution < -0.4 is 10.1 Å². The molecule has 31 heavy (non-hydrogen) atoms. The van der Waals surface area contributed by atoms with Crippen LogP contribution in [0.3, 0.4) is 0 Å². The Balaban J connectivity index is 1.77. The van der Waals surface area contributed by atoms with E-state index < -0.39 is 5.25 Å². The van der Waals surface area contributed by atoms with Crippen molar-refractivity contribution in [1.82, 2.24) is 4.98 Å². The van der Waals surface area contributed by atoms with Gasteiger partial charge in [0, 0.05) is 10.7 Å². The van der Waals surface area contributed by atoms with Gasteiger partial charge in [0.25, 0.3) is 0 Å². The van der Waals surface area contributed by atoms with Gasteiger partial charge in [0.1, 0.15) is 16.8 Å². The summed E-state index contributed by atoms with van der Waals surface area (Å²) in [6.45, 7) is 8.59.